The molecule has 0 N–H and O–H groups in total. The average Bonchev–Trinajstić information content (AvgIpc) is 3.32. The molecular weight excluding hydrogens is 338 g/mol. The smallest absolute Gasteiger partial charge is 0.257 e. The van der Waals surface area contributed by atoms with Gasteiger partial charge >= 0.3 is 0 Å². The summed E-state index contributed by atoms with van der Waals surface area (Å²) in [4.78, 5) is 3.15. The number of ether oxygens (including phenoxy) is 2. The highest BCUT2D eigenvalue weighted by Gasteiger charge is 2.20. The summed E-state index contributed by atoms with van der Waals surface area (Å²) in [6, 6.07) is 10.0. The molecule has 4 rings (SSSR count). The van der Waals surface area contributed by atoms with Crippen molar-refractivity contribution < 1.29 is 13.9 Å². The Balaban J connectivity index is 1.46. The van der Waals surface area contributed by atoms with Crippen LogP contribution < -0.4 is 9.47 Å². The van der Waals surface area contributed by atoms with Gasteiger partial charge in [0.1, 0.15) is 13.2 Å². The minimum Gasteiger partial charge on any atom is -0.486 e. The van der Waals surface area contributed by atoms with Crippen LogP contribution in [0, 0.1) is 0 Å². The largest absolute Gasteiger partial charge is 0.486 e. The second-order valence-corrected chi connectivity index (χ2v) is 6.94. The summed E-state index contributed by atoms with van der Waals surface area (Å²) in [5.41, 5.74) is 1.15. The van der Waals surface area contributed by atoms with Gasteiger partial charge in [-0.3, -0.25) is 4.90 Å². The van der Waals surface area contributed by atoms with Crippen LogP contribution in [0.2, 0.25) is 0 Å². The second-order valence-electron chi connectivity index (χ2n) is 5.99. The minimum absolute atomic E-state index is 0.00872. The molecule has 2 aromatic heterocycles. The van der Waals surface area contributed by atoms with E-state index in [2.05, 4.69) is 28.1 Å². The summed E-state index contributed by atoms with van der Waals surface area (Å²) in [5, 5.41) is 10.4. The van der Waals surface area contributed by atoms with Crippen LogP contribution in [0.4, 0.5) is 0 Å². The van der Waals surface area contributed by atoms with Gasteiger partial charge in [0, 0.05) is 6.54 Å². The number of hydrogen-bond acceptors (Lipinski definition) is 7. The third kappa shape index (κ3) is 3.38. The number of hydrogen-bond donors (Lipinski definition) is 0. The molecule has 130 valence electrons. The van der Waals surface area contributed by atoms with Gasteiger partial charge in [-0.15, -0.1) is 21.5 Å². The first-order valence-electron chi connectivity index (χ1n) is 8.17. The van der Waals surface area contributed by atoms with Gasteiger partial charge < -0.3 is 13.9 Å². The Kier molecular flexibility index (Phi) is 4.42. The zero-order chi connectivity index (χ0) is 17.2. The van der Waals surface area contributed by atoms with E-state index in [4.69, 9.17) is 13.9 Å². The van der Waals surface area contributed by atoms with E-state index in [1.54, 1.807) is 11.3 Å². The predicted octanol–water partition coefficient (Wildman–Crippen LogP) is 3.76. The van der Waals surface area contributed by atoms with Crippen molar-refractivity contribution in [1.82, 2.24) is 15.1 Å². The standard InChI is InChI=1S/C18H19N3O3S/c1-12(17-19-20-18(24-17)16-4-3-9-25-16)21(2)11-13-5-6-14-15(10-13)23-8-7-22-14/h3-6,9-10,12H,7-8,11H2,1-2H3. The van der Waals surface area contributed by atoms with Crippen molar-refractivity contribution in [3.63, 3.8) is 0 Å². The molecule has 7 heteroatoms. The first kappa shape index (κ1) is 16.1. The fourth-order valence-electron chi connectivity index (χ4n) is 2.70. The molecule has 1 atom stereocenters. The van der Waals surface area contributed by atoms with Gasteiger partial charge in [-0.2, -0.15) is 0 Å². The van der Waals surface area contributed by atoms with Crippen molar-refractivity contribution in [3.8, 4) is 22.3 Å². The molecule has 0 saturated carbocycles. The topological polar surface area (TPSA) is 60.6 Å². The highest BCUT2D eigenvalue weighted by molar-refractivity contribution is 7.13. The molecule has 0 saturated heterocycles. The average molecular weight is 357 g/mol. The molecule has 1 aliphatic rings. The van der Waals surface area contributed by atoms with Gasteiger partial charge in [0.05, 0.1) is 10.9 Å². The molecule has 6 nitrogen and oxygen atoms in total. The van der Waals surface area contributed by atoms with E-state index in [1.807, 2.05) is 36.7 Å². The summed E-state index contributed by atoms with van der Waals surface area (Å²) in [5.74, 6) is 2.80. The Morgan fingerprint density at radius 3 is 2.80 bits per heavy atom. The van der Waals surface area contributed by atoms with E-state index in [0.717, 1.165) is 28.5 Å². The third-order valence-corrected chi connectivity index (χ3v) is 5.09. The van der Waals surface area contributed by atoms with Gasteiger partial charge in [-0.25, -0.2) is 0 Å². The minimum atomic E-state index is 0.00872. The summed E-state index contributed by atoms with van der Waals surface area (Å²) in [6.07, 6.45) is 0. The Bertz CT molecular complexity index is 847. The first-order valence-corrected chi connectivity index (χ1v) is 9.05. The maximum Gasteiger partial charge on any atom is 0.257 e. The quantitative estimate of drug-likeness (QED) is 0.693. The molecule has 0 amide bonds. The van der Waals surface area contributed by atoms with Gasteiger partial charge in [0.15, 0.2) is 11.5 Å². The number of benzene rings is 1. The Labute approximate surface area is 150 Å². The summed E-state index contributed by atoms with van der Waals surface area (Å²) >= 11 is 1.59. The Morgan fingerprint density at radius 1 is 1.16 bits per heavy atom. The number of rotatable bonds is 5. The lowest BCUT2D eigenvalue weighted by atomic mass is 10.1. The highest BCUT2D eigenvalue weighted by atomic mass is 32.1. The van der Waals surface area contributed by atoms with Gasteiger partial charge in [-0.1, -0.05) is 12.1 Å². The summed E-state index contributed by atoms with van der Waals surface area (Å²) in [6.45, 7) is 4.00. The van der Waals surface area contributed by atoms with Crippen LogP contribution in [0.25, 0.3) is 10.8 Å². The lowest BCUT2D eigenvalue weighted by Crippen LogP contribution is -2.22. The van der Waals surface area contributed by atoms with Crippen LogP contribution in [-0.4, -0.2) is 35.4 Å². The second kappa shape index (κ2) is 6.85. The van der Waals surface area contributed by atoms with Crippen molar-refractivity contribution in [1.29, 1.82) is 0 Å². The Hall–Kier alpha value is -2.38. The molecule has 0 spiro atoms. The van der Waals surface area contributed by atoms with Crippen LogP contribution in [-0.2, 0) is 6.54 Å². The first-order chi connectivity index (χ1) is 12.2. The normalized spacial score (nSPS) is 14.7. The lowest BCUT2D eigenvalue weighted by molar-refractivity contribution is 0.170. The van der Waals surface area contributed by atoms with E-state index in [1.165, 1.54) is 0 Å². The number of nitrogens with zero attached hydrogens (tertiary/aromatic N) is 3. The van der Waals surface area contributed by atoms with Crippen LogP contribution in [0.1, 0.15) is 24.4 Å². The third-order valence-electron chi connectivity index (χ3n) is 4.23. The predicted molar refractivity (Wildman–Crippen MR) is 94.9 cm³/mol. The zero-order valence-corrected chi connectivity index (χ0v) is 15.0. The molecule has 0 fully saturated rings. The molecule has 1 aliphatic heterocycles. The van der Waals surface area contributed by atoms with Crippen molar-refractivity contribution in [2.24, 2.45) is 0 Å². The van der Waals surface area contributed by atoms with Crippen LogP contribution in [0.15, 0.2) is 40.1 Å². The van der Waals surface area contributed by atoms with E-state index in [9.17, 15) is 0 Å². The van der Waals surface area contributed by atoms with Gasteiger partial charge in [0.2, 0.25) is 5.89 Å². The zero-order valence-electron chi connectivity index (χ0n) is 14.1. The molecule has 0 aliphatic carbocycles. The SMILES string of the molecule is CC(c1nnc(-c2cccs2)o1)N(C)Cc1ccc2c(c1)OCCO2. The van der Waals surface area contributed by atoms with Crippen molar-refractivity contribution in [3.05, 3.63) is 47.2 Å². The molecule has 25 heavy (non-hydrogen) atoms. The van der Waals surface area contributed by atoms with E-state index < -0.39 is 0 Å². The molecule has 1 aromatic carbocycles. The molecule has 3 aromatic rings. The fraction of sp³-hybridized carbons (Fsp3) is 0.333. The molecule has 1 unspecified atom stereocenters. The van der Waals surface area contributed by atoms with E-state index in [-0.39, 0.29) is 6.04 Å². The van der Waals surface area contributed by atoms with Crippen molar-refractivity contribution >= 4 is 11.3 Å². The molecule has 0 bridgehead atoms. The maximum absolute atomic E-state index is 5.84. The van der Waals surface area contributed by atoms with Crippen LogP contribution in [0.5, 0.6) is 11.5 Å². The summed E-state index contributed by atoms with van der Waals surface area (Å²) in [7, 11) is 2.04. The monoisotopic (exact) mass is 357 g/mol. The maximum atomic E-state index is 5.84. The van der Waals surface area contributed by atoms with Gasteiger partial charge in [-0.05, 0) is 43.1 Å². The van der Waals surface area contributed by atoms with E-state index in [0.29, 0.717) is 25.0 Å². The number of thiophene rings is 1. The van der Waals surface area contributed by atoms with Crippen molar-refractivity contribution in [2.75, 3.05) is 20.3 Å². The van der Waals surface area contributed by atoms with Crippen molar-refractivity contribution in [2.45, 2.75) is 19.5 Å². The highest BCUT2D eigenvalue weighted by Crippen LogP contribution is 2.32. The molecular formula is C18H19N3O3S. The summed E-state index contributed by atoms with van der Waals surface area (Å²) < 4.78 is 17.1. The van der Waals surface area contributed by atoms with E-state index >= 15 is 0 Å². The van der Waals surface area contributed by atoms with Gasteiger partial charge in [0.25, 0.3) is 5.89 Å². The molecule has 3 heterocycles. The Morgan fingerprint density at radius 2 is 2.00 bits per heavy atom. The molecule has 0 radical (unpaired) electrons. The lowest BCUT2D eigenvalue weighted by Gasteiger charge is -2.23. The number of aromatic nitrogens is 2. The van der Waals surface area contributed by atoms with Crippen LogP contribution >= 0.6 is 11.3 Å². The van der Waals surface area contributed by atoms with Crippen LogP contribution in [0.3, 0.4) is 0 Å². The number of fused-ring (bicyclic) bond motifs is 1. The fourth-order valence-corrected chi connectivity index (χ4v) is 3.35.